The van der Waals surface area contributed by atoms with E-state index in [9.17, 15) is 0 Å². The fourth-order valence-corrected chi connectivity index (χ4v) is 1.54. The normalized spacial score (nSPS) is 10.6. The first-order valence-corrected chi connectivity index (χ1v) is 5.73. The molecule has 0 atom stereocenters. The van der Waals surface area contributed by atoms with Crippen LogP contribution in [0.15, 0.2) is 12.3 Å². The highest BCUT2D eigenvalue weighted by Gasteiger charge is 2.09. The Labute approximate surface area is 105 Å². The summed E-state index contributed by atoms with van der Waals surface area (Å²) in [6, 6.07) is 1.86. The largest absolute Gasteiger partial charge is 0.374 e. The molecule has 2 heterocycles. The van der Waals surface area contributed by atoms with E-state index >= 15 is 0 Å². The highest BCUT2D eigenvalue weighted by molar-refractivity contribution is 5.57. The van der Waals surface area contributed by atoms with Crippen LogP contribution < -0.4 is 5.32 Å². The van der Waals surface area contributed by atoms with E-state index in [-0.39, 0.29) is 0 Å². The van der Waals surface area contributed by atoms with Gasteiger partial charge in [0.2, 0.25) is 0 Å². The van der Waals surface area contributed by atoms with E-state index in [1.165, 1.54) is 0 Å². The predicted molar refractivity (Wildman–Crippen MR) is 66.9 cm³/mol. The second-order valence-corrected chi connectivity index (χ2v) is 3.68. The maximum atomic E-state index is 5.33. The number of nitrogens with one attached hydrogen (secondary N) is 1. The molecule has 0 fully saturated rings. The van der Waals surface area contributed by atoms with Crippen LogP contribution in [0.4, 0.5) is 5.82 Å². The summed E-state index contributed by atoms with van der Waals surface area (Å²) in [6.45, 7) is 2.97. The molecule has 2 aromatic rings. The summed E-state index contributed by atoms with van der Waals surface area (Å²) >= 11 is 0. The quantitative estimate of drug-likeness (QED) is 0.845. The molecule has 0 saturated carbocycles. The fraction of sp³-hybridized carbons (Fsp3) is 0.455. The topological polar surface area (TPSA) is 77.8 Å². The van der Waals surface area contributed by atoms with Gasteiger partial charge in [0.1, 0.15) is 18.1 Å². The summed E-state index contributed by atoms with van der Waals surface area (Å²) in [5, 5.41) is 10.8. The molecule has 0 bridgehead atoms. The smallest absolute Gasteiger partial charge is 0.157 e. The summed E-state index contributed by atoms with van der Waals surface area (Å²) in [5.41, 5.74) is 1.61. The number of anilines is 1. The van der Waals surface area contributed by atoms with Crippen molar-refractivity contribution in [1.29, 1.82) is 0 Å². The Balaban J connectivity index is 2.38. The molecular weight excluding hydrogens is 232 g/mol. The molecule has 0 radical (unpaired) electrons. The molecule has 0 aliphatic carbocycles. The van der Waals surface area contributed by atoms with Crippen LogP contribution in [0.3, 0.4) is 0 Å². The number of rotatable bonds is 5. The molecule has 0 spiro atoms. The van der Waals surface area contributed by atoms with Gasteiger partial charge in [0.15, 0.2) is 5.82 Å². The molecule has 0 unspecified atom stereocenters. The van der Waals surface area contributed by atoms with Gasteiger partial charge >= 0.3 is 0 Å². The summed E-state index contributed by atoms with van der Waals surface area (Å²) in [5.74, 6) is 1.39. The highest BCUT2D eigenvalue weighted by atomic mass is 16.5. The third kappa shape index (κ3) is 2.62. The number of aryl methyl sites for hydroxylation is 1. The zero-order valence-electron chi connectivity index (χ0n) is 10.7. The summed E-state index contributed by atoms with van der Waals surface area (Å²) in [6.07, 6.45) is 1.67. The van der Waals surface area contributed by atoms with E-state index in [1.807, 2.05) is 27.1 Å². The molecule has 18 heavy (non-hydrogen) atoms. The van der Waals surface area contributed by atoms with Crippen molar-refractivity contribution in [2.75, 3.05) is 19.0 Å². The van der Waals surface area contributed by atoms with E-state index in [2.05, 4.69) is 25.6 Å². The lowest BCUT2D eigenvalue weighted by atomic mass is 10.3. The van der Waals surface area contributed by atoms with Gasteiger partial charge in [0.05, 0.1) is 11.9 Å². The van der Waals surface area contributed by atoms with Gasteiger partial charge in [-0.15, -0.1) is 5.10 Å². The van der Waals surface area contributed by atoms with Crippen LogP contribution in [0.2, 0.25) is 0 Å². The van der Waals surface area contributed by atoms with Crippen LogP contribution in [0, 0.1) is 0 Å². The number of nitrogens with zero attached hydrogens (tertiary/aromatic N) is 5. The standard InChI is InChI=1S/C11H16N6O/c1-4-18-7-11-14-8(5-10(12-2)15-11)9-6-13-16-17(9)3/h5-6H,4,7H2,1-3H3,(H,12,14,15). The van der Waals surface area contributed by atoms with Gasteiger partial charge in [-0.3, -0.25) is 0 Å². The molecular formula is C11H16N6O. The predicted octanol–water partition coefficient (Wildman–Crippen LogP) is 0.850. The van der Waals surface area contributed by atoms with Gasteiger partial charge in [0, 0.05) is 26.8 Å². The van der Waals surface area contributed by atoms with Gasteiger partial charge in [-0.2, -0.15) is 0 Å². The lowest BCUT2D eigenvalue weighted by molar-refractivity contribution is 0.128. The Morgan fingerprint density at radius 2 is 2.22 bits per heavy atom. The van der Waals surface area contributed by atoms with Crippen molar-refractivity contribution in [1.82, 2.24) is 25.0 Å². The Bertz CT molecular complexity index is 524. The van der Waals surface area contributed by atoms with Crippen molar-refractivity contribution in [2.24, 2.45) is 7.05 Å². The Kier molecular flexibility index (Phi) is 3.83. The van der Waals surface area contributed by atoms with Crippen molar-refractivity contribution in [2.45, 2.75) is 13.5 Å². The summed E-state index contributed by atoms with van der Waals surface area (Å²) in [7, 11) is 3.64. The Hall–Kier alpha value is -2.02. The number of hydrogen-bond donors (Lipinski definition) is 1. The number of aromatic nitrogens is 5. The van der Waals surface area contributed by atoms with Gasteiger partial charge in [-0.25, -0.2) is 14.6 Å². The first kappa shape index (κ1) is 12.4. The molecule has 0 aliphatic rings. The maximum absolute atomic E-state index is 5.33. The zero-order chi connectivity index (χ0) is 13.0. The molecule has 0 saturated heterocycles. The molecule has 0 aliphatic heterocycles. The van der Waals surface area contributed by atoms with Crippen LogP contribution in [0.1, 0.15) is 12.7 Å². The van der Waals surface area contributed by atoms with Crippen molar-refractivity contribution in [3.63, 3.8) is 0 Å². The lowest BCUT2D eigenvalue weighted by Crippen LogP contribution is -2.05. The summed E-state index contributed by atoms with van der Waals surface area (Å²) < 4.78 is 7.00. The van der Waals surface area contributed by atoms with Crippen molar-refractivity contribution >= 4 is 5.82 Å². The maximum Gasteiger partial charge on any atom is 0.157 e. The fourth-order valence-electron chi connectivity index (χ4n) is 1.54. The molecule has 7 nitrogen and oxygen atoms in total. The average Bonchev–Trinajstić information content (AvgIpc) is 2.82. The SMILES string of the molecule is CCOCc1nc(NC)cc(-c2cnnn2C)n1. The van der Waals surface area contributed by atoms with Gasteiger partial charge < -0.3 is 10.1 Å². The third-order valence-corrected chi connectivity index (χ3v) is 2.44. The van der Waals surface area contributed by atoms with Crippen LogP contribution in [-0.4, -0.2) is 38.6 Å². The first-order valence-electron chi connectivity index (χ1n) is 5.73. The minimum Gasteiger partial charge on any atom is -0.374 e. The van der Waals surface area contributed by atoms with Crippen molar-refractivity contribution in [3.8, 4) is 11.4 Å². The molecule has 2 aromatic heterocycles. The van der Waals surface area contributed by atoms with Gasteiger partial charge in [-0.1, -0.05) is 5.21 Å². The van der Waals surface area contributed by atoms with Crippen LogP contribution in [0.25, 0.3) is 11.4 Å². The van der Waals surface area contributed by atoms with E-state index < -0.39 is 0 Å². The molecule has 0 aromatic carbocycles. The Morgan fingerprint density at radius 3 is 2.83 bits per heavy atom. The summed E-state index contributed by atoms with van der Waals surface area (Å²) in [4.78, 5) is 8.78. The van der Waals surface area contributed by atoms with E-state index in [1.54, 1.807) is 10.9 Å². The van der Waals surface area contributed by atoms with Crippen LogP contribution in [0.5, 0.6) is 0 Å². The molecule has 2 rings (SSSR count). The molecule has 1 N–H and O–H groups in total. The molecule has 96 valence electrons. The Morgan fingerprint density at radius 1 is 1.39 bits per heavy atom. The van der Waals surface area contributed by atoms with E-state index in [0.29, 0.717) is 19.0 Å². The van der Waals surface area contributed by atoms with E-state index in [0.717, 1.165) is 17.2 Å². The second kappa shape index (κ2) is 5.54. The minimum absolute atomic E-state index is 0.393. The van der Waals surface area contributed by atoms with Crippen LogP contribution in [-0.2, 0) is 18.4 Å². The first-order chi connectivity index (χ1) is 8.74. The van der Waals surface area contributed by atoms with E-state index in [4.69, 9.17) is 4.74 Å². The van der Waals surface area contributed by atoms with Crippen LogP contribution >= 0.6 is 0 Å². The number of hydrogen-bond acceptors (Lipinski definition) is 6. The molecule has 7 heteroatoms. The zero-order valence-corrected chi connectivity index (χ0v) is 10.7. The highest BCUT2D eigenvalue weighted by Crippen LogP contribution is 2.18. The monoisotopic (exact) mass is 248 g/mol. The second-order valence-electron chi connectivity index (χ2n) is 3.68. The minimum atomic E-state index is 0.393. The molecule has 0 amide bonds. The lowest BCUT2D eigenvalue weighted by Gasteiger charge is -2.07. The van der Waals surface area contributed by atoms with Crippen molar-refractivity contribution in [3.05, 3.63) is 18.1 Å². The van der Waals surface area contributed by atoms with Crippen molar-refractivity contribution < 1.29 is 4.74 Å². The third-order valence-electron chi connectivity index (χ3n) is 2.44. The number of ether oxygens (including phenoxy) is 1. The van der Waals surface area contributed by atoms with Gasteiger partial charge in [-0.05, 0) is 6.92 Å². The average molecular weight is 248 g/mol. The van der Waals surface area contributed by atoms with Gasteiger partial charge in [0.25, 0.3) is 0 Å².